The molecule has 19 heavy (non-hydrogen) atoms. The van der Waals surface area contributed by atoms with Crippen LogP contribution in [-0.2, 0) is 6.54 Å². The van der Waals surface area contributed by atoms with E-state index in [0.717, 1.165) is 6.42 Å². The molecule has 6 heteroatoms. The number of carbonyl (C=O) groups is 1. The van der Waals surface area contributed by atoms with E-state index in [4.69, 9.17) is 11.6 Å². The maximum atomic E-state index is 13.3. The molecule has 1 heterocycles. The average molecular weight is 346 g/mol. The molecule has 2 aromatic rings. The lowest BCUT2D eigenvalue weighted by Gasteiger charge is -2.06. The maximum absolute atomic E-state index is 13.3. The van der Waals surface area contributed by atoms with Crippen molar-refractivity contribution >= 4 is 33.3 Å². The molecule has 0 aliphatic heterocycles. The molecule has 0 spiro atoms. The molecule has 0 N–H and O–H groups in total. The van der Waals surface area contributed by atoms with E-state index >= 15 is 0 Å². The Morgan fingerprint density at radius 2 is 2.21 bits per heavy atom. The van der Waals surface area contributed by atoms with Crippen molar-refractivity contribution in [3.63, 3.8) is 0 Å². The normalized spacial score (nSPS) is 10.7. The summed E-state index contributed by atoms with van der Waals surface area (Å²) in [5.41, 5.74) is 0.535. The summed E-state index contributed by atoms with van der Waals surface area (Å²) in [6.07, 6.45) is 2.25. The number of carbonyl (C=O) groups excluding carboxylic acids is 1. The van der Waals surface area contributed by atoms with Gasteiger partial charge in [0.15, 0.2) is 0 Å². The standard InChI is InChI=1S/C13H11BrClFN2O/c1-2-3-18-12(11(15)7-17-18)13(19)8-4-9(14)6-10(16)5-8/h4-7H,2-3H2,1H3. The maximum Gasteiger partial charge on any atom is 0.212 e. The molecule has 0 fully saturated rings. The smallest absolute Gasteiger partial charge is 0.212 e. The van der Waals surface area contributed by atoms with Crippen LogP contribution in [0.25, 0.3) is 0 Å². The van der Waals surface area contributed by atoms with Gasteiger partial charge in [-0.2, -0.15) is 5.10 Å². The van der Waals surface area contributed by atoms with Crippen molar-refractivity contribution in [1.29, 1.82) is 0 Å². The summed E-state index contributed by atoms with van der Waals surface area (Å²) in [5.74, 6) is -0.813. The van der Waals surface area contributed by atoms with Gasteiger partial charge in [-0.05, 0) is 24.6 Å². The van der Waals surface area contributed by atoms with Gasteiger partial charge in [-0.15, -0.1) is 0 Å². The summed E-state index contributed by atoms with van der Waals surface area (Å²) in [7, 11) is 0. The van der Waals surface area contributed by atoms with Crippen LogP contribution in [-0.4, -0.2) is 15.6 Å². The number of rotatable bonds is 4. The van der Waals surface area contributed by atoms with Crippen molar-refractivity contribution in [2.75, 3.05) is 0 Å². The van der Waals surface area contributed by atoms with E-state index < -0.39 is 5.82 Å². The summed E-state index contributed by atoms with van der Waals surface area (Å²) in [5, 5.41) is 4.33. The van der Waals surface area contributed by atoms with E-state index in [2.05, 4.69) is 21.0 Å². The van der Waals surface area contributed by atoms with Crippen LogP contribution < -0.4 is 0 Å². The molecule has 1 aromatic heterocycles. The molecule has 1 aromatic carbocycles. The van der Waals surface area contributed by atoms with E-state index in [1.165, 1.54) is 18.3 Å². The summed E-state index contributed by atoms with van der Waals surface area (Å²) in [4.78, 5) is 12.4. The van der Waals surface area contributed by atoms with Crippen LogP contribution in [0.2, 0.25) is 5.02 Å². The van der Waals surface area contributed by atoms with Crippen LogP contribution >= 0.6 is 27.5 Å². The molecule has 0 aliphatic carbocycles. The van der Waals surface area contributed by atoms with Gasteiger partial charge in [0.05, 0.1) is 11.2 Å². The fraction of sp³-hybridized carbons (Fsp3) is 0.231. The van der Waals surface area contributed by atoms with Crippen molar-refractivity contribution in [2.45, 2.75) is 19.9 Å². The van der Waals surface area contributed by atoms with Crippen molar-refractivity contribution in [3.05, 3.63) is 51.0 Å². The van der Waals surface area contributed by atoms with Crippen molar-refractivity contribution in [3.8, 4) is 0 Å². The number of aryl methyl sites for hydroxylation is 1. The molecule has 0 bridgehead atoms. The number of halogens is 3. The molecule has 0 radical (unpaired) electrons. The third-order valence-electron chi connectivity index (χ3n) is 2.57. The summed E-state index contributed by atoms with van der Waals surface area (Å²) in [6.45, 7) is 2.56. The molecular weight excluding hydrogens is 335 g/mol. The van der Waals surface area contributed by atoms with Crippen molar-refractivity contribution in [1.82, 2.24) is 9.78 Å². The third kappa shape index (κ3) is 3.04. The zero-order chi connectivity index (χ0) is 14.0. The monoisotopic (exact) mass is 344 g/mol. The van der Waals surface area contributed by atoms with Gasteiger partial charge >= 0.3 is 0 Å². The quantitative estimate of drug-likeness (QED) is 0.783. The van der Waals surface area contributed by atoms with E-state index in [9.17, 15) is 9.18 Å². The lowest BCUT2D eigenvalue weighted by Crippen LogP contribution is -2.12. The number of nitrogens with zero attached hydrogens (tertiary/aromatic N) is 2. The Balaban J connectivity index is 2.46. The Morgan fingerprint density at radius 3 is 2.84 bits per heavy atom. The zero-order valence-corrected chi connectivity index (χ0v) is 12.5. The first-order valence-corrected chi connectivity index (χ1v) is 6.92. The number of hydrogen-bond donors (Lipinski definition) is 0. The minimum Gasteiger partial charge on any atom is -0.287 e. The van der Waals surface area contributed by atoms with E-state index in [1.807, 2.05) is 6.92 Å². The topological polar surface area (TPSA) is 34.9 Å². The van der Waals surface area contributed by atoms with Gasteiger partial charge in [0, 0.05) is 16.6 Å². The van der Waals surface area contributed by atoms with Crippen LogP contribution in [0.5, 0.6) is 0 Å². The molecular formula is C13H11BrClFN2O. The van der Waals surface area contributed by atoms with Crippen LogP contribution in [0.3, 0.4) is 0 Å². The predicted molar refractivity (Wildman–Crippen MR) is 75.1 cm³/mol. The first-order valence-electron chi connectivity index (χ1n) is 5.75. The van der Waals surface area contributed by atoms with Crippen LogP contribution in [0.15, 0.2) is 28.9 Å². The van der Waals surface area contributed by atoms with Crippen molar-refractivity contribution in [2.24, 2.45) is 0 Å². The van der Waals surface area contributed by atoms with Crippen LogP contribution in [0.1, 0.15) is 29.4 Å². The lowest BCUT2D eigenvalue weighted by molar-refractivity contribution is 0.102. The molecule has 0 amide bonds. The fourth-order valence-electron chi connectivity index (χ4n) is 1.79. The Morgan fingerprint density at radius 1 is 1.47 bits per heavy atom. The van der Waals surface area contributed by atoms with Crippen LogP contribution in [0, 0.1) is 5.82 Å². The highest BCUT2D eigenvalue weighted by Gasteiger charge is 2.19. The fourth-order valence-corrected chi connectivity index (χ4v) is 2.48. The molecule has 0 unspecified atom stereocenters. The molecule has 0 atom stereocenters. The Labute approximate surface area is 123 Å². The Kier molecular flexibility index (Phi) is 4.37. The average Bonchev–Trinajstić information content (AvgIpc) is 2.69. The Hall–Kier alpha value is -1.20. The highest BCUT2D eigenvalue weighted by molar-refractivity contribution is 9.10. The molecule has 3 nitrogen and oxygen atoms in total. The highest BCUT2D eigenvalue weighted by atomic mass is 79.9. The molecule has 0 aliphatic rings. The van der Waals surface area contributed by atoms with Crippen molar-refractivity contribution < 1.29 is 9.18 Å². The van der Waals surface area contributed by atoms with Gasteiger partial charge in [0.2, 0.25) is 5.78 Å². The van der Waals surface area contributed by atoms with Gasteiger partial charge in [-0.1, -0.05) is 34.5 Å². The second kappa shape index (κ2) is 5.84. The lowest BCUT2D eigenvalue weighted by atomic mass is 10.1. The zero-order valence-electron chi connectivity index (χ0n) is 10.2. The number of hydrogen-bond acceptors (Lipinski definition) is 2. The largest absolute Gasteiger partial charge is 0.287 e. The summed E-state index contributed by atoms with van der Waals surface area (Å²) >= 11 is 9.16. The Bertz CT molecular complexity index is 607. The number of ketones is 1. The van der Waals surface area contributed by atoms with Gasteiger partial charge in [0.25, 0.3) is 0 Å². The van der Waals surface area contributed by atoms with Gasteiger partial charge in [-0.3, -0.25) is 9.48 Å². The first-order chi connectivity index (χ1) is 9.02. The molecule has 100 valence electrons. The highest BCUT2D eigenvalue weighted by Crippen LogP contribution is 2.22. The van der Waals surface area contributed by atoms with E-state index in [0.29, 0.717) is 16.7 Å². The molecule has 0 saturated heterocycles. The van der Waals surface area contributed by atoms with Gasteiger partial charge < -0.3 is 0 Å². The number of aromatic nitrogens is 2. The summed E-state index contributed by atoms with van der Waals surface area (Å²) in [6, 6.07) is 4.04. The minimum atomic E-state index is -0.476. The van der Waals surface area contributed by atoms with Crippen LogP contribution in [0.4, 0.5) is 4.39 Å². The SMILES string of the molecule is CCCn1ncc(Cl)c1C(=O)c1cc(F)cc(Br)c1. The first kappa shape index (κ1) is 14.2. The summed E-state index contributed by atoms with van der Waals surface area (Å²) < 4.78 is 15.4. The minimum absolute atomic E-state index is 0.242. The number of benzene rings is 1. The van der Waals surface area contributed by atoms with Gasteiger partial charge in [0.1, 0.15) is 11.5 Å². The van der Waals surface area contributed by atoms with E-state index in [1.54, 1.807) is 10.7 Å². The third-order valence-corrected chi connectivity index (χ3v) is 3.30. The second-order valence-electron chi connectivity index (χ2n) is 4.05. The predicted octanol–water partition coefficient (Wildman–Crippen LogP) is 4.08. The second-order valence-corrected chi connectivity index (χ2v) is 5.37. The molecule has 0 saturated carbocycles. The van der Waals surface area contributed by atoms with Gasteiger partial charge in [-0.25, -0.2) is 4.39 Å². The molecule has 2 rings (SSSR count). The van der Waals surface area contributed by atoms with E-state index in [-0.39, 0.29) is 16.4 Å².